The Kier molecular flexibility index (Phi) is 8.81. The number of amides is 2. The van der Waals surface area contributed by atoms with Gasteiger partial charge in [-0.25, -0.2) is 0 Å². The first kappa shape index (κ1) is 28.4. The molecule has 0 saturated carbocycles. The van der Waals surface area contributed by atoms with E-state index < -0.39 is 6.04 Å². The maximum absolute atomic E-state index is 13.5. The van der Waals surface area contributed by atoms with Gasteiger partial charge in [-0.1, -0.05) is 41.9 Å². The van der Waals surface area contributed by atoms with Gasteiger partial charge in [-0.05, 0) is 64.5 Å². The van der Waals surface area contributed by atoms with Gasteiger partial charge in [-0.3, -0.25) is 9.59 Å². The minimum Gasteiger partial charge on any atom is -0.618 e. The van der Waals surface area contributed by atoms with Crippen molar-refractivity contribution < 1.29 is 19.1 Å². The zero-order valence-corrected chi connectivity index (χ0v) is 23.2. The Morgan fingerprint density at radius 3 is 2.52 bits per heavy atom. The third-order valence-corrected chi connectivity index (χ3v) is 6.70. The van der Waals surface area contributed by atoms with E-state index in [0.29, 0.717) is 45.2 Å². The smallest absolute Gasteiger partial charge is 0.251 e. The second-order valence-corrected chi connectivity index (χ2v) is 9.80. The predicted molar refractivity (Wildman–Crippen MR) is 156 cm³/mol. The highest BCUT2D eigenvalue weighted by Gasteiger charge is 2.24. The number of carbonyl (C=O) groups is 2. The molecule has 0 saturated heterocycles. The van der Waals surface area contributed by atoms with Crippen LogP contribution in [0.5, 0.6) is 0 Å². The van der Waals surface area contributed by atoms with Gasteiger partial charge >= 0.3 is 0 Å². The Balaban J connectivity index is 1.43. The lowest BCUT2D eigenvalue weighted by molar-refractivity contribution is -0.615. The first-order valence-corrected chi connectivity index (χ1v) is 13.3. The topological polar surface area (TPSA) is 138 Å². The molecular weight excluding hydrogens is 558 g/mol. The van der Waals surface area contributed by atoms with Crippen molar-refractivity contribution in [2.45, 2.75) is 12.5 Å². The van der Waals surface area contributed by atoms with Crippen molar-refractivity contribution in [1.82, 2.24) is 25.5 Å². The number of carbonyl (C=O) groups excluding carboxylic acids is 2. The number of nitrogens with one attached hydrogen (secondary N) is 2. The normalized spacial score (nSPS) is 11.6. The highest BCUT2D eigenvalue weighted by molar-refractivity contribution is 6.31. The number of methoxy groups -OCH3 is 1. The van der Waals surface area contributed by atoms with Crippen LogP contribution in [0.25, 0.3) is 16.8 Å². The minimum absolute atomic E-state index is 0.0757. The maximum Gasteiger partial charge on any atom is 0.251 e. The molecule has 11 nitrogen and oxygen atoms in total. The Hall–Kier alpha value is -5.13. The number of rotatable bonds is 10. The SMILES string of the molecule is COCC(=O)Nc1ccc(C(=O)N[C@@H](Cc2ccccc2)c2ccc(-c3cc(Cl)ccc3-n3cnnn3)c[n+]2[O-])cc1. The Morgan fingerprint density at radius 2 is 1.83 bits per heavy atom. The van der Waals surface area contributed by atoms with Crippen LogP contribution in [0.1, 0.15) is 27.7 Å². The number of hydrogen-bond donors (Lipinski definition) is 2. The predicted octanol–water partition coefficient (Wildman–Crippen LogP) is 3.91. The molecule has 2 N–H and O–H groups in total. The number of anilines is 1. The number of nitrogens with zero attached hydrogens (tertiary/aromatic N) is 5. The second-order valence-electron chi connectivity index (χ2n) is 9.36. The van der Waals surface area contributed by atoms with Crippen molar-refractivity contribution >= 4 is 29.1 Å². The summed E-state index contributed by atoms with van der Waals surface area (Å²) in [7, 11) is 1.43. The molecule has 42 heavy (non-hydrogen) atoms. The van der Waals surface area contributed by atoms with Crippen LogP contribution in [0, 0.1) is 5.21 Å². The number of hydrogen-bond acceptors (Lipinski definition) is 7. The fourth-order valence-corrected chi connectivity index (χ4v) is 4.66. The molecule has 212 valence electrons. The maximum atomic E-state index is 13.5. The van der Waals surface area contributed by atoms with Crippen molar-refractivity contribution in [3.05, 3.63) is 125 Å². The Morgan fingerprint density at radius 1 is 1.05 bits per heavy atom. The van der Waals surface area contributed by atoms with Crippen LogP contribution in [-0.2, 0) is 16.0 Å². The van der Waals surface area contributed by atoms with E-state index in [0.717, 1.165) is 10.3 Å². The number of benzene rings is 3. The first-order chi connectivity index (χ1) is 20.4. The summed E-state index contributed by atoms with van der Waals surface area (Å²) in [5.74, 6) is -0.672. The van der Waals surface area contributed by atoms with Crippen LogP contribution in [-0.4, -0.2) is 45.7 Å². The summed E-state index contributed by atoms with van der Waals surface area (Å²) in [6, 6.07) is 24.1. The van der Waals surface area contributed by atoms with Crippen molar-refractivity contribution in [3.63, 3.8) is 0 Å². The molecule has 2 amide bonds. The van der Waals surface area contributed by atoms with Crippen molar-refractivity contribution in [2.24, 2.45) is 0 Å². The summed E-state index contributed by atoms with van der Waals surface area (Å²) < 4.78 is 7.06. The molecule has 0 fully saturated rings. The monoisotopic (exact) mass is 583 g/mol. The average molecular weight is 584 g/mol. The van der Waals surface area contributed by atoms with Crippen LogP contribution < -0.4 is 15.4 Å². The van der Waals surface area contributed by atoms with Crippen LogP contribution in [0.3, 0.4) is 0 Å². The molecule has 0 aliphatic carbocycles. The molecule has 0 unspecified atom stereocenters. The number of ether oxygens (including phenoxy) is 1. The van der Waals surface area contributed by atoms with Gasteiger partial charge in [0, 0.05) is 47.0 Å². The average Bonchev–Trinajstić information content (AvgIpc) is 3.53. The Bertz CT molecular complexity index is 1680. The zero-order chi connectivity index (χ0) is 29.5. The van der Waals surface area contributed by atoms with Crippen molar-refractivity contribution in [1.29, 1.82) is 0 Å². The first-order valence-electron chi connectivity index (χ1n) is 12.9. The third kappa shape index (κ3) is 6.77. The molecule has 5 aromatic rings. The summed E-state index contributed by atoms with van der Waals surface area (Å²) in [6.45, 7) is -0.0757. The molecule has 12 heteroatoms. The number of halogens is 1. The van der Waals surface area contributed by atoms with E-state index in [2.05, 4.69) is 26.2 Å². The summed E-state index contributed by atoms with van der Waals surface area (Å²) in [6.07, 6.45) is 3.28. The van der Waals surface area contributed by atoms with Crippen LogP contribution >= 0.6 is 11.6 Å². The van der Waals surface area contributed by atoms with E-state index in [4.69, 9.17) is 16.3 Å². The Labute approximate surface area is 246 Å². The molecule has 5 rings (SSSR count). The van der Waals surface area contributed by atoms with Crippen LogP contribution in [0.4, 0.5) is 5.69 Å². The number of tetrazole rings is 1. The highest BCUT2D eigenvalue weighted by Crippen LogP contribution is 2.29. The molecule has 3 aromatic carbocycles. The van der Waals surface area contributed by atoms with E-state index in [-0.39, 0.29) is 18.4 Å². The van der Waals surface area contributed by atoms with Gasteiger partial charge in [0.05, 0.1) is 5.69 Å². The fourth-order valence-electron chi connectivity index (χ4n) is 4.49. The van der Waals surface area contributed by atoms with E-state index in [1.54, 1.807) is 54.6 Å². The molecule has 1 atom stereocenters. The molecule has 0 radical (unpaired) electrons. The molecule has 2 aromatic heterocycles. The van der Waals surface area contributed by atoms with E-state index in [1.807, 2.05) is 30.3 Å². The molecule has 0 bridgehead atoms. The van der Waals surface area contributed by atoms with Gasteiger partial charge in [0.1, 0.15) is 19.0 Å². The van der Waals surface area contributed by atoms with Crippen molar-refractivity contribution in [2.75, 3.05) is 19.0 Å². The summed E-state index contributed by atoms with van der Waals surface area (Å²) in [4.78, 5) is 25.1. The summed E-state index contributed by atoms with van der Waals surface area (Å²) >= 11 is 6.28. The summed E-state index contributed by atoms with van der Waals surface area (Å²) in [5.41, 5.74) is 4.10. The standard InChI is InChI=1S/C30H26ClN7O4/c1-42-18-29(39)33-24-11-7-21(8-12-24)30(40)34-26(15-20-5-3-2-4-6-20)28-13-9-22(17-38(28)41)25-16-23(31)10-14-27(25)37-19-32-35-36-37/h2-14,16-17,19,26H,15,18H2,1H3,(H,33,39)(H,34,40)/t26-/m0/s1. The fraction of sp³-hybridized carbons (Fsp3) is 0.133. The third-order valence-electron chi connectivity index (χ3n) is 6.46. The van der Waals surface area contributed by atoms with Crippen LogP contribution in [0.2, 0.25) is 5.02 Å². The largest absolute Gasteiger partial charge is 0.618 e. The molecule has 0 spiro atoms. The molecular formula is C30H26ClN7O4. The van der Waals surface area contributed by atoms with Gasteiger partial charge in [0.2, 0.25) is 11.6 Å². The minimum atomic E-state index is -0.647. The van der Waals surface area contributed by atoms with Gasteiger partial charge in [-0.2, -0.15) is 9.41 Å². The molecule has 0 aliphatic heterocycles. The van der Waals surface area contributed by atoms with E-state index >= 15 is 0 Å². The lowest BCUT2D eigenvalue weighted by atomic mass is 10.00. The second kappa shape index (κ2) is 13.0. The summed E-state index contributed by atoms with van der Waals surface area (Å²) in [5, 5.41) is 31.0. The van der Waals surface area contributed by atoms with E-state index in [9.17, 15) is 14.8 Å². The number of pyridine rings is 1. The highest BCUT2D eigenvalue weighted by atomic mass is 35.5. The van der Waals surface area contributed by atoms with Gasteiger partial charge in [0.25, 0.3) is 5.91 Å². The van der Waals surface area contributed by atoms with Crippen molar-refractivity contribution in [3.8, 4) is 16.8 Å². The lowest BCUT2D eigenvalue weighted by Gasteiger charge is -2.19. The molecule has 0 aliphatic rings. The van der Waals surface area contributed by atoms with Crippen LogP contribution in [0.15, 0.2) is 97.5 Å². The van der Waals surface area contributed by atoms with Gasteiger partial charge in [-0.15, -0.1) is 5.10 Å². The molecule has 2 heterocycles. The van der Waals surface area contributed by atoms with E-state index in [1.165, 1.54) is 24.3 Å². The lowest BCUT2D eigenvalue weighted by Crippen LogP contribution is -2.40. The van der Waals surface area contributed by atoms with Gasteiger partial charge < -0.3 is 20.6 Å². The zero-order valence-electron chi connectivity index (χ0n) is 22.5. The number of aromatic nitrogens is 5. The quantitative estimate of drug-likeness (QED) is 0.188. The van der Waals surface area contributed by atoms with Gasteiger partial charge in [0.15, 0.2) is 6.20 Å².